The van der Waals surface area contributed by atoms with Gasteiger partial charge in [0.05, 0.1) is 20.8 Å². The van der Waals surface area contributed by atoms with Gasteiger partial charge < -0.3 is 19.7 Å². The molecule has 1 aromatic rings. The SMILES string of the molecule is CCC(C)C(=O)NCC(=O)N(Cc1cc(OC)ccc1OC)C1CC1. The van der Waals surface area contributed by atoms with Crippen molar-refractivity contribution in [2.75, 3.05) is 20.8 Å². The van der Waals surface area contributed by atoms with Crippen molar-refractivity contribution in [1.29, 1.82) is 0 Å². The Morgan fingerprint density at radius 1 is 1.28 bits per heavy atom. The number of amides is 2. The van der Waals surface area contributed by atoms with E-state index >= 15 is 0 Å². The van der Waals surface area contributed by atoms with Gasteiger partial charge in [-0.2, -0.15) is 0 Å². The molecule has 6 nitrogen and oxygen atoms in total. The van der Waals surface area contributed by atoms with Crippen LogP contribution in [0.4, 0.5) is 0 Å². The Bertz CT molecular complexity index is 613. The van der Waals surface area contributed by atoms with Crippen molar-refractivity contribution in [3.05, 3.63) is 23.8 Å². The van der Waals surface area contributed by atoms with Crippen molar-refractivity contribution in [1.82, 2.24) is 10.2 Å². The largest absolute Gasteiger partial charge is 0.497 e. The zero-order valence-electron chi connectivity index (χ0n) is 15.5. The average Bonchev–Trinajstić information content (AvgIpc) is 3.47. The Morgan fingerprint density at radius 2 is 2.00 bits per heavy atom. The monoisotopic (exact) mass is 348 g/mol. The Hall–Kier alpha value is -2.24. The number of nitrogens with one attached hydrogen (secondary N) is 1. The van der Waals surface area contributed by atoms with Gasteiger partial charge in [-0.05, 0) is 37.5 Å². The van der Waals surface area contributed by atoms with E-state index in [0.29, 0.717) is 6.54 Å². The maximum absolute atomic E-state index is 12.6. The minimum absolute atomic E-state index is 0.0337. The first-order valence-electron chi connectivity index (χ1n) is 8.78. The molecule has 1 aliphatic rings. The Morgan fingerprint density at radius 3 is 2.56 bits per heavy atom. The Kier molecular flexibility index (Phi) is 6.67. The second kappa shape index (κ2) is 8.74. The normalized spacial score (nSPS) is 14.6. The van der Waals surface area contributed by atoms with Gasteiger partial charge in [-0.15, -0.1) is 0 Å². The molecule has 1 aromatic carbocycles. The lowest BCUT2D eigenvalue weighted by Gasteiger charge is -2.24. The van der Waals surface area contributed by atoms with Gasteiger partial charge >= 0.3 is 0 Å². The van der Waals surface area contributed by atoms with Crippen LogP contribution in [0.25, 0.3) is 0 Å². The third kappa shape index (κ3) is 5.11. The molecule has 0 saturated heterocycles. The lowest BCUT2D eigenvalue weighted by Crippen LogP contribution is -2.42. The molecule has 0 heterocycles. The molecule has 0 bridgehead atoms. The van der Waals surface area contributed by atoms with Gasteiger partial charge in [-0.25, -0.2) is 0 Å². The fraction of sp³-hybridized carbons (Fsp3) is 0.579. The maximum atomic E-state index is 12.6. The molecule has 1 fully saturated rings. The van der Waals surface area contributed by atoms with E-state index in [4.69, 9.17) is 9.47 Å². The lowest BCUT2D eigenvalue weighted by molar-refractivity contribution is -0.134. The first kappa shape index (κ1) is 19.1. The number of nitrogens with zero attached hydrogens (tertiary/aromatic N) is 1. The summed E-state index contributed by atoms with van der Waals surface area (Å²) in [6.45, 7) is 4.30. The summed E-state index contributed by atoms with van der Waals surface area (Å²) >= 11 is 0. The molecule has 1 saturated carbocycles. The summed E-state index contributed by atoms with van der Waals surface area (Å²) in [7, 11) is 3.22. The highest BCUT2D eigenvalue weighted by Gasteiger charge is 2.33. The van der Waals surface area contributed by atoms with Gasteiger partial charge in [-0.3, -0.25) is 9.59 Å². The topological polar surface area (TPSA) is 67.9 Å². The van der Waals surface area contributed by atoms with E-state index in [-0.39, 0.29) is 30.3 Å². The predicted octanol–water partition coefficient (Wildman–Crippen LogP) is 2.36. The summed E-state index contributed by atoms with van der Waals surface area (Å²) < 4.78 is 10.7. The number of carbonyl (C=O) groups excluding carboxylic acids is 2. The second-order valence-electron chi connectivity index (χ2n) is 6.46. The van der Waals surface area contributed by atoms with E-state index in [0.717, 1.165) is 36.3 Å². The number of ether oxygens (including phenoxy) is 2. The molecule has 1 aliphatic carbocycles. The molecule has 2 amide bonds. The van der Waals surface area contributed by atoms with E-state index < -0.39 is 0 Å². The maximum Gasteiger partial charge on any atom is 0.242 e. The number of methoxy groups -OCH3 is 2. The molecular weight excluding hydrogens is 320 g/mol. The Labute approximate surface area is 149 Å². The zero-order valence-corrected chi connectivity index (χ0v) is 15.5. The molecule has 1 unspecified atom stereocenters. The molecule has 1 N–H and O–H groups in total. The van der Waals surface area contributed by atoms with Crippen LogP contribution in [-0.4, -0.2) is 43.5 Å². The van der Waals surface area contributed by atoms with Crippen LogP contribution in [-0.2, 0) is 16.1 Å². The number of rotatable bonds is 9. The van der Waals surface area contributed by atoms with E-state index in [1.807, 2.05) is 36.9 Å². The van der Waals surface area contributed by atoms with Gasteiger partial charge in [0.1, 0.15) is 11.5 Å². The van der Waals surface area contributed by atoms with Crippen LogP contribution in [0.3, 0.4) is 0 Å². The molecule has 25 heavy (non-hydrogen) atoms. The van der Waals surface area contributed by atoms with Crippen LogP contribution in [0, 0.1) is 5.92 Å². The number of carbonyl (C=O) groups is 2. The molecule has 0 aliphatic heterocycles. The molecule has 0 aromatic heterocycles. The smallest absolute Gasteiger partial charge is 0.242 e. The third-order valence-electron chi connectivity index (χ3n) is 4.61. The van der Waals surface area contributed by atoms with Gasteiger partial charge in [0, 0.05) is 24.1 Å². The molecule has 1 atom stereocenters. The minimum Gasteiger partial charge on any atom is -0.497 e. The van der Waals surface area contributed by atoms with Gasteiger partial charge in [-0.1, -0.05) is 13.8 Å². The van der Waals surface area contributed by atoms with E-state index in [1.165, 1.54) is 0 Å². The van der Waals surface area contributed by atoms with Crippen LogP contribution in [0.2, 0.25) is 0 Å². The summed E-state index contributed by atoms with van der Waals surface area (Å²) in [5, 5.41) is 2.75. The second-order valence-corrected chi connectivity index (χ2v) is 6.46. The van der Waals surface area contributed by atoms with Crippen molar-refractivity contribution in [2.45, 2.75) is 45.7 Å². The van der Waals surface area contributed by atoms with Gasteiger partial charge in [0.2, 0.25) is 11.8 Å². The summed E-state index contributed by atoms with van der Waals surface area (Å²) in [4.78, 5) is 26.4. The predicted molar refractivity (Wildman–Crippen MR) is 95.6 cm³/mol. The quantitative estimate of drug-likeness (QED) is 0.744. The molecular formula is C19H28N2O4. The van der Waals surface area contributed by atoms with Crippen molar-refractivity contribution >= 4 is 11.8 Å². The summed E-state index contributed by atoms with van der Waals surface area (Å²) in [5.41, 5.74) is 0.898. The first-order chi connectivity index (χ1) is 12.0. The summed E-state index contributed by atoms with van der Waals surface area (Å²) in [6.07, 6.45) is 2.75. The van der Waals surface area contributed by atoms with Crippen LogP contribution in [0.15, 0.2) is 18.2 Å². The van der Waals surface area contributed by atoms with Crippen molar-refractivity contribution in [2.24, 2.45) is 5.92 Å². The average molecular weight is 348 g/mol. The number of hydrogen-bond acceptors (Lipinski definition) is 4. The van der Waals surface area contributed by atoms with E-state index in [1.54, 1.807) is 14.2 Å². The standard InChI is InChI=1S/C19H28N2O4/c1-5-13(2)19(23)20-11-18(22)21(15-6-7-15)12-14-10-16(24-3)8-9-17(14)25-4/h8-10,13,15H,5-7,11-12H2,1-4H3,(H,20,23). The summed E-state index contributed by atoms with van der Waals surface area (Å²) in [5.74, 6) is 1.22. The van der Waals surface area contributed by atoms with Crippen LogP contribution in [0.5, 0.6) is 11.5 Å². The number of benzene rings is 1. The highest BCUT2D eigenvalue weighted by Crippen LogP contribution is 2.31. The van der Waals surface area contributed by atoms with Crippen molar-refractivity contribution in [3.8, 4) is 11.5 Å². The molecule has 0 spiro atoms. The zero-order chi connectivity index (χ0) is 18.4. The van der Waals surface area contributed by atoms with Crippen molar-refractivity contribution < 1.29 is 19.1 Å². The van der Waals surface area contributed by atoms with Gasteiger partial charge in [0.15, 0.2) is 0 Å². The third-order valence-corrected chi connectivity index (χ3v) is 4.61. The van der Waals surface area contributed by atoms with E-state index in [9.17, 15) is 9.59 Å². The Balaban J connectivity index is 2.06. The molecule has 6 heteroatoms. The highest BCUT2D eigenvalue weighted by molar-refractivity contribution is 5.86. The highest BCUT2D eigenvalue weighted by atomic mass is 16.5. The molecule has 0 radical (unpaired) electrons. The van der Waals surface area contributed by atoms with Crippen molar-refractivity contribution in [3.63, 3.8) is 0 Å². The first-order valence-corrected chi connectivity index (χ1v) is 8.78. The van der Waals surface area contributed by atoms with Crippen LogP contribution < -0.4 is 14.8 Å². The van der Waals surface area contributed by atoms with E-state index in [2.05, 4.69) is 5.32 Å². The molecule has 2 rings (SSSR count). The lowest BCUT2D eigenvalue weighted by atomic mass is 10.1. The molecule has 138 valence electrons. The fourth-order valence-electron chi connectivity index (χ4n) is 2.62. The van der Waals surface area contributed by atoms with Gasteiger partial charge in [0.25, 0.3) is 0 Å². The number of hydrogen-bond donors (Lipinski definition) is 1. The summed E-state index contributed by atoms with van der Waals surface area (Å²) in [6, 6.07) is 5.80. The fourth-order valence-corrected chi connectivity index (χ4v) is 2.62. The minimum atomic E-state index is -0.0827. The van der Waals surface area contributed by atoms with Crippen LogP contribution >= 0.6 is 0 Å². The van der Waals surface area contributed by atoms with Crippen LogP contribution in [0.1, 0.15) is 38.7 Å².